The number of carbonyl (C=O) groups excluding carboxylic acids is 1. The maximum absolute atomic E-state index is 11.8. The van der Waals surface area contributed by atoms with Crippen molar-refractivity contribution in [3.05, 3.63) is 0 Å². The molecule has 0 aromatic carbocycles. The van der Waals surface area contributed by atoms with Crippen LogP contribution in [0.1, 0.15) is 51.4 Å². The molecule has 5 atom stereocenters. The number of Topliss-reactive ketones (excluding diaryl/α,β-unsaturated/α-hetero) is 1. The fourth-order valence-corrected chi connectivity index (χ4v) is 3.96. The number of hydrogen-bond donors (Lipinski definition) is 5. The van der Waals surface area contributed by atoms with Gasteiger partial charge in [-0.15, -0.1) is 11.8 Å². The summed E-state index contributed by atoms with van der Waals surface area (Å²) in [6.45, 7) is 0.293. The van der Waals surface area contributed by atoms with Gasteiger partial charge < -0.3 is 30.9 Å². The molecule has 1 aliphatic rings. The molecule has 7 nitrogen and oxygen atoms in total. The first-order chi connectivity index (χ1) is 12.0. The molecule has 1 saturated heterocycles. The second kappa shape index (κ2) is 13.0. The lowest BCUT2D eigenvalue weighted by Crippen LogP contribution is -2.57. The summed E-state index contributed by atoms with van der Waals surface area (Å²) in [5.41, 5.74) is 4.74. The number of hydrogen-bond acceptors (Lipinski definition) is 8. The molecule has 5 unspecified atom stereocenters. The number of nitrogens with two attached hydrogens (primary N) is 1. The fraction of sp³-hybridized carbons (Fsp3) is 0.941. The van der Waals surface area contributed by atoms with Gasteiger partial charge in [-0.25, -0.2) is 0 Å². The molecule has 6 N–H and O–H groups in total. The molecule has 1 fully saturated rings. The monoisotopic (exact) mass is 379 g/mol. The SMILES string of the molecule is NCCCCCCC(=O)CCCCSC1OC(CO)C(O)C(O)C1O. The first kappa shape index (κ1) is 22.8. The van der Waals surface area contributed by atoms with Crippen molar-refractivity contribution in [2.24, 2.45) is 5.73 Å². The first-order valence-corrected chi connectivity index (χ1v) is 10.2. The van der Waals surface area contributed by atoms with Crippen molar-refractivity contribution in [3.63, 3.8) is 0 Å². The summed E-state index contributed by atoms with van der Waals surface area (Å²) in [5, 5.41) is 38.5. The van der Waals surface area contributed by atoms with Gasteiger partial charge in [-0.3, -0.25) is 4.79 Å². The van der Waals surface area contributed by atoms with Crippen molar-refractivity contribution in [2.45, 2.75) is 81.2 Å². The number of aliphatic hydroxyl groups excluding tert-OH is 4. The molecular weight excluding hydrogens is 346 g/mol. The van der Waals surface area contributed by atoms with Gasteiger partial charge in [0.1, 0.15) is 35.6 Å². The largest absolute Gasteiger partial charge is 0.394 e. The Balaban J connectivity index is 2.11. The summed E-state index contributed by atoms with van der Waals surface area (Å²) in [6.07, 6.45) is 2.15. The summed E-state index contributed by atoms with van der Waals surface area (Å²) in [5.74, 6) is 0.956. The van der Waals surface area contributed by atoms with Crippen molar-refractivity contribution >= 4 is 17.5 Å². The highest BCUT2D eigenvalue weighted by Crippen LogP contribution is 2.29. The van der Waals surface area contributed by atoms with Crippen LogP contribution in [0.25, 0.3) is 0 Å². The average Bonchev–Trinajstić information content (AvgIpc) is 2.61. The van der Waals surface area contributed by atoms with Crippen molar-refractivity contribution in [2.75, 3.05) is 18.9 Å². The molecule has 1 aliphatic heterocycles. The van der Waals surface area contributed by atoms with Crippen LogP contribution in [0, 0.1) is 0 Å². The summed E-state index contributed by atoms with van der Waals surface area (Å²) in [4.78, 5) is 11.8. The van der Waals surface area contributed by atoms with Crippen molar-refractivity contribution in [1.29, 1.82) is 0 Å². The molecule has 0 radical (unpaired) electrons. The third-order valence-electron chi connectivity index (χ3n) is 4.39. The highest BCUT2D eigenvalue weighted by molar-refractivity contribution is 7.99. The summed E-state index contributed by atoms with van der Waals surface area (Å²) in [7, 11) is 0. The second-order valence-electron chi connectivity index (χ2n) is 6.52. The zero-order valence-electron chi connectivity index (χ0n) is 14.8. The van der Waals surface area contributed by atoms with Gasteiger partial charge in [0.05, 0.1) is 6.61 Å². The van der Waals surface area contributed by atoms with E-state index in [-0.39, 0.29) is 5.78 Å². The number of carbonyl (C=O) groups is 1. The molecule has 0 aromatic rings. The third kappa shape index (κ3) is 8.34. The Bertz CT molecular complexity index is 371. The van der Waals surface area contributed by atoms with Crippen molar-refractivity contribution in [3.8, 4) is 0 Å². The maximum atomic E-state index is 11.8. The van der Waals surface area contributed by atoms with Gasteiger partial charge in [-0.05, 0) is 38.0 Å². The molecule has 0 aromatic heterocycles. The quantitative estimate of drug-likeness (QED) is 0.286. The van der Waals surface area contributed by atoms with Crippen LogP contribution in [0.3, 0.4) is 0 Å². The second-order valence-corrected chi connectivity index (χ2v) is 7.72. The molecule has 0 aliphatic carbocycles. The third-order valence-corrected chi connectivity index (χ3v) is 5.63. The van der Waals surface area contributed by atoms with E-state index in [0.717, 1.165) is 38.5 Å². The number of unbranched alkanes of at least 4 members (excludes halogenated alkanes) is 4. The van der Waals surface area contributed by atoms with Crippen molar-refractivity contribution < 1.29 is 30.0 Å². The maximum Gasteiger partial charge on any atom is 0.132 e. The molecule has 25 heavy (non-hydrogen) atoms. The van der Waals surface area contributed by atoms with E-state index in [1.165, 1.54) is 11.8 Å². The van der Waals surface area contributed by atoms with E-state index in [1.807, 2.05) is 0 Å². The summed E-state index contributed by atoms with van der Waals surface area (Å²) >= 11 is 1.33. The average molecular weight is 380 g/mol. The Kier molecular flexibility index (Phi) is 11.9. The molecule has 1 heterocycles. The van der Waals surface area contributed by atoms with Crippen LogP contribution in [0.2, 0.25) is 0 Å². The zero-order chi connectivity index (χ0) is 18.7. The Labute approximate surface area is 153 Å². The van der Waals surface area contributed by atoms with E-state index in [4.69, 9.17) is 15.6 Å². The highest BCUT2D eigenvalue weighted by Gasteiger charge is 2.43. The van der Waals surface area contributed by atoms with E-state index < -0.39 is 36.5 Å². The Morgan fingerprint density at radius 2 is 1.56 bits per heavy atom. The summed E-state index contributed by atoms with van der Waals surface area (Å²) in [6, 6.07) is 0. The predicted octanol–water partition coefficient (Wildman–Crippen LogP) is 0.168. The lowest BCUT2D eigenvalue weighted by Gasteiger charge is -2.39. The van der Waals surface area contributed by atoms with Gasteiger partial charge in [-0.1, -0.05) is 12.8 Å². The Morgan fingerprint density at radius 1 is 0.920 bits per heavy atom. The van der Waals surface area contributed by atoms with Gasteiger partial charge in [0, 0.05) is 12.8 Å². The van der Waals surface area contributed by atoms with Crippen LogP contribution in [0.5, 0.6) is 0 Å². The molecule has 8 heteroatoms. The smallest absolute Gasteiger partial charge is 0.132 e. The van der Waals surface area contributed by atoms with Gasteiger partial charge in [0.25, 0.3) is 0 Å². The van der Waals surface area contributed by atoms with E-state index in [0.29, 0.717) is 25.1 Å². The summed E-state index contributed by atoms with van der Waals surface area (Å²) < 4.78 is 5.42. The van der Waals surface area contributed by atoms with Gasteiger partial charge in [-0.2, -0.15) is 0 Å². The normalized spacial score (nSPS) is 29.7. The molecule has 148 valence electrons. The minimum atomic E-state index is -1.33. The first-order valence-electron chi connectivity index (χ1n) is 9.15. The van der Waals surface area contributed by atoms with Gasteiger partial charge in [0.2, 0.25) is 0 Å². The topological polar surface area (TPSA) is 133 Å². The number of rotatable bonds is 13. The van der Waals surface area contributed by atoms with E-state index in [1.54, 1.807) is 0 Å². The van der Waals surface area contributed by atoms with Crippen LogP contribution in [-0.4, -0.2) is 75.0 Å². The van der Waals surface area contributed by atoms with E-state index in [9.17, 15) is 20.1 Å². The molecule has 0 amide bonds. The number of aliphatic hydroxyl groups is 4. The number of ketones is 1. The Hall–Kier alpha value is -0.220. The van der Waals surface area contributed by atoms with Crippen LogP contribution >= 0.6 is 11.8 Å². The van der Waals surface area contributed by atoms with E-state index >= 15 is 0 Å². The van der Waals surface area contributed by atoms with Gasteiger partial charge >= 0.3 is 0 Å². The number of ether oxygens (including phenoxy) is 1. The van der Waals surface area contributed by atoms with Crippen LogP contribution in [0.15, 0.2) is 0 Å². The van der Waals surface area contributed by atoms with Crippen LogP contribution in [0.4, 0.5) is 0 Å². The molecule has 0 spiro atoms. The Morgan fingerprint density at radius 3 is 2.20 bits per heavy atom. The lowest BCUT2D eigenvalue weighted by atomic mass is 10.0. The fourth-order valence-electron chi connectivity index (χ4n) is 2.77. The minimum absolute atomic E-state index is 0.283. The van der Waals surface area contributed by atoms with Crippen molar-refractivity contribution in [1.82, 2.24) is 0 Å². The van der Waals surface area contributed by atoms with Gasteiger partial charge in [0.15, 0.2) is 0 Å². The zero-order valence-corrected chi connectivity index (χ0v) is 15.6. The molecule has 0 bridgehead atoms. The van der Waals surface area contributed by atoms with Crippen LogP contribution in [-0.2, 0) is 9.53 Å². The van der Waals surface area contributed by atoms with Crippen LogP contribution < -0.4 is 5.73 Å². The molecular formula is C17H33NO6S. The highest BCUT2D eigenvalue weighted by atomic mass is 32.2. The standard InChI is InChI=1S/C17H33NO6S/c18-9-5-2-1-3-7-12(20)8-4-6-10-25-17-16(23)15(22)14(21)13(11-19)24-17/h13-17,19,21-23H,1-11,18H2. The molecule has 0 saturated carbocycles. The molecule has 1 rings (SSSR count). The van der Waals surface area contributed by atoms with E-state index in [2.05, 4.69) is 0 Å². The lowest BCUT2D eigenvalue weighted by molar-refractivity contribution is -0.205. The minimum Gasteiger partial charge on any atom is -0.394 e. The number of thioether (sulfide) groups is 1. The predicted molar refractivity (Wildman–Crippen MR) is 97.2 cm³/mol.